The lowest BCUT2D eigenvalue weighted by Crippen LogP contribution is -2.03. The van der Waals surface area contributed by atoms with Crippen LogP contribution in [0.15, 0.2) is 54.6 Å². The molecule has 4 rings (SSSR count). The minimum absolute atomic E-state index is 0.543. The van der Waals surface area contributed by atoms with Crippen LogP contribution in [0.25, 0.3) is 16.7 Å². The smallest absolute Gasteiger partial charge is 0.164 e. The van der Waals surface area contributed by atoms with Crippen LogP contribution in [0.2, 0.25) is 0 Å². The number of methoxy groups -OCH3 is 4. The second-order valence-electron chi connectivity index (χ2n) is 6.76. The Morgan fingerprint density at radius 1 is 0.710 bits per heavy atom. The van der Waals surface area contributed by atoms with E-state index in [9.17, 15) is 0 Å². The van der Waals surface area contributed by atoms with Crippen molar-refractivity contribution in [3.63, 3.8) is 0 Å². The number of anilines is 1. The fraction of sp³-hybridized carbons (Fsp3) is 0.217. The van der Waals surface area contributed by atoms with Gasteiger partial charge in [0.05, 0.1) is 34.1 Å². The maximum absolute atomic E-state index is 5.50. The number of hydrogen-bond acceptors (Lipinski definition) is 7. The first kappa shape index (κ1) is 20.3. The number of hydrogen-bond donors (Lipinski definition) is 1. The summed E-state index contributed by atoms with van der Waals surface area (Å²) >= 11 is 0. The van der Waals surface area contributed by atoms with Crippen molar-refractivity contribution in [2.75, 3.05) is 33.8 Å². The average molecular weight is 420 g/mol. The molecule has 0 saturated heterocycles. The number of nitrogens with one attached hydrogen (secondary N) is 1. The Bertz CT molecular complexity index is 1190. The molecular formula is C23H24N4O4. The van der Waals surface area contributed by atoms with Crippen LogP contribution in [0.1, 0.15) is 5.56 Å². The van der Waals surface area contributed by atoms with Crippen LogP contribution in [0, 0.1) is 0 Å². The van der Waals surface area contributed by atoms with Crippen molar-refractivity contribution in [1.82, 2.24) is 15.0 Å². The summed E-state index contributed by atoms with van der Waals surface area (Å²) in [4.78, 5) is 1.62. The quantitative estimate of drug-likeness (QED) is 0.460. The third-order valence-electron chi connectivity index (χ3n) is 4.95. The molecule has 0 bridgehead atoms. The summed E-state index contributed by atoms with van der Waals surface area (Å²) in [7, 11) is 6.49. The Kier molecular flexibility index (Phi) is 5.79. The molecule has 0 radical (unpaired) electrons. The number of ether oxygens (including phenoxy) is 4. The van der Waals surface area contributed by atoms with Gasteiger partial charge < -0.3 is 24.3 Å². The van der Waals surface area contributed by atoms with Gasteiger partial charge >= 0.3 is 0 Å². The van der Waals surface area contributed by atoms with E-state index in [0.29, 0.717) is 18.0 Å². The maximum atomic E-state index is 5.50. The summed E-state index contributed by atoms with van der Waals surface area (Å²) in [6.45, 7) is 0.543. The van der Waals surface area contributed by atoms with E-state index in [1.807, 2.05) is 54.6 Å². The Labute approximate surface area is 180 Å². The molecular weight excluding hydrogens is 396 g/mol. The van der Waals surface area contributed by atoms with Crippen LogP contribution in [0.3, 0.4) is 0 Å². The highest BCUT2D eigenvalue weighted by Gasteiger charge is 2.12. The van der Waals surface area contributed by atoms with Gasteiger partial charge in [-0.3, -0.25) is 0 Å². The minimum atomic E-state index is 0.543. The van der Waals surface area contributed by atoms with E-state index in [-0.39, 0.29) is 0 Å². The number of nitrogens with zero attached hydrogens (tertiary/aromatic N) is 3. The minimum Gasteiger partial charge on any atom is -0.497 e. The topological polar surface area (TPSA) is 79.7 Å². The van der Waals surface area contributed by atoms with Crippen molar-refractivity contribution in [1.29, 1.82) is 0 Å². The van der Waals surface area contributed by atoms with Crippen molar-refractivity contribution in [3.05, 3.63) is 60.2 Å². The Balaban J connectivity index is 1.55. The molecule has 31 heavy (non-hydrogen) atoms. The van der Waals surface area contributed by atoms with Gasteiger partial charge in [-0.15, -0.1) is 10.2 Å². The Morgan fingerprint density at radius 3 is 2.06 bits per heavy atom. The van der Waals surface area contributed by atoms with Gasteiger partial charge in [-0.05, 0) is 48.5 Å². The molecule has 3 aromatic carbocycles. The van der Waals surface area contributed by atoms with E-state index in [4.69, 9.17) is 18.9 Å². The second-order valence-corrected chi connectivity index (χ2v) is 6.76. The summed E-state index contributed by atoms with van der Waals surface area (Å²) in [6.07, 6.45) is 0. The predicted molar refractivity (Wildman–Crippen MR) is 119 cm³/mol. The van der Waals surface area contributed by atoms with Crippen LogP contribution in [-0.2, 0) is 6.54 Å². The molecule has 1 N–H and O–H groups in total. The molecule has 8 heteroatoms. The number of benzene rings is 3. The lowest BCUT2D eigenvalue weighted by Gasteiger charge is -2.15. The van der Waals surface area contributed by atoms with Gasteiger partial charge in [-0.1, -0.05) is 0 Å². The monoisotopic (exact) mass is 420 g/mol. The van der Waals surface area contributed by atoms with Crippen molar-refractivity contribution in [2.45, 2.75) is 6.54 Å². The number of fused-ring (bicyclic) bond motifs is 1. The van der Waals surface area contributed by atoms with Gasteiger partial charge in [0.2, 0.25) is 0 Å². The lowest BCUT2D eigenvalue weighted by atomic mass is 10.1. The molecule has 1 heterocycles. The van der Waals surface area contributed by atoms with Gasteiger partial charge in [-0.25, -0.2) is 0 Å². The highest BCUT2D eigenvalue weighted by Crippen LogP contribution is 2.35. The van der Waals surface area contributed by atoms with E-state index in [1.165, 1.54) is 0 Å². The second kappa shape index (κ2) is 8.83. The molecule has 8 nitrogen and oxygen atoms in total. The van der Waals surface area contributed by atoms with Crippen LogP contribution >= 0.6 is 0 Å². The van der Waals surface area contributed by atoms with Crippen LogP contribution < -0.4 is 24.3 Å². The van der Waals surface area contributed by atoms with Gasteiger partial charge in [0.1, 0.15) is 22.5 Å². The molecule has 4 aromatic rings. The fourth-order valence-electron chi connectivity index (χ4n) is 3.28. The zero-order valence-electron chi connectivity index (χ0n) is 17.9. The maximum Gasteiger partial charge on any atom is 0.164 e. The Hall–Kier alpha value is -3.94. The van der Waals surface area contributed by atoms with Crippen LogP contribution in [0.4, 0.5) is 5.69 Å². The van der Waals surface area contributed by atoms with Crippen molar-refractivity contribution in [3.8, 4) is 28.7 Å². The van der Waals surface area contributed by atoms with E-state index >= 15 is 0 Å². The number of rotatable bonds is 8. The third-order valence-corrected chi connectivity index (χ3v) is 4.95. The largest absolute Gasteiger partial charge is 0.497 e. The summed E-state index contributed by atoms with van der Waals surface area (Å²) < 4.78 is 21.5. The molecule has 0 atom stereocenters. The molecule has 0 saturated carbocycles. The molecule has 0 aliphatic carbocycles. The molecule has 0 aliphatic heterocycles. The molecule has 0 fully saturated rings. The van der Waals surface area contributed by atoms with Crippen LogP contribution in [-0.4, -0.2) is 43.4 Å². The Morgan fingerprint density at radius 2 is 1.39 bits per heavy atom. The molecule has 0 unspecified atom stereocenters. The zero-order chi connectivity index (χ0) is 21.8. The van der Waals surface area contributed by atoms with Gasteiger partial charge in [-0.2, -0.15) is 4.80 Å². The van der Waals surface area contributed by atoms with Crippen molar-refractivity contribution >= 4 is 16.7 Å². The van der Waals surface area contributed by atoms with Crippen LogP contribution in [0.5, 0.6) is 23.0 Å². The first-order valence-corrected chi connectivity index (χ1v) is 9.69. The summed E-state index contributed by atoms with van der Waals surface area (Å²) in [5.74, 6) is 2.78. The van der Waals surface area contributed by atoms with E-state index in [1.54, 1.807) is 33.2 Å². The predicted octanol–water partition coefficient (Wildman–Crippen LogP) is 4.07. The molecule has 160 valence electrons. The first-order chi connectivity index (χ1) is 15.1. The van der Waals surface area contributed by atoms with E-state index in [2.05, 4.69) is 15.5 Å². The fourth-order valence-corrected chi connectivity index (χ4v) is 3.28. The standard InChI is InChI=1S/C23H24N4O4/c1-28-18-8-6-17(7-9-18)27-25-19-10-5-16(12-20(19)26-27)24-14-15-11-22(30-3)23(31-4)13-21(15)29-2/h5-13,24H,14H2,1-4H3. The SMILES string of the molecule is COc1ccc(-n2nc3ccc(NCc4cc(OC)c(OC)cc4OC)cc3n2)cc1. The van der Waals surface area contributed by atoms with Gasteiger partial charge in [0, 0.05) is 23.9 Å². The average Bonchev–Trinajstić information content (AvgIpc) is 3.25. The van der Waals surface area contributed by atoms with Gasteiger partial charge in [0.15, 0.2) is 11.5 Å². The summed E-state index contributed by atoms with van der Waals surface area (Å²) in [5.41, 5.74) is 4.33. The normalized spacial score (nSPS) is 10.7. The molecule has 0 spiro atoms. The highest BCUT2D eigenvalue weighted by atomic mass is 16.5. The van der Waals surface area contributed by atoms with Crippen molar-refractivity contribution in [2.24, 2.45) is 0 Å². The number of aromatic nitrogens is 3. The first-order valence-electron chi connectivity index (χ1n) is 9.69. The zero-order valence-corrected chi connectivity index (χ0v) is 17.9. The highest BCUT2D eigenvalue weighted by molar-refractivity contribution is 5.78. The molecule has 0 aliphatic rings. The van der Waals surface area contributed by atoms with E-state index in [0.717, 1.165) is 39.5 Å². The van der Waals surface area contributed by atoms with Crippen molar-refractivity contribution < 1.29 is 18.9 Å². The summed E-state index contributed by atoms with van der Waals surface area (Å²) in [6, 6.07) is 17.2. The van der Waals surface area contributed by atoms with Gasteiger partial charge in [0.25, 0.3) is 0 Å². The third kappa shape index (κ3) is 4.18. The lowest BCUT2D eigenvalue weighted by molar-refractivity contribution is 0.347. The van der Waals surface area contributed by atoms with E-state index < -0.39 is 0 Å². The summed E-state index contributed by atoms with van der Waals surface area (Å²) in [5, 5.41) is 12.6. The molecule has 0 amide bonds. The molecule has 1 aromatic heterocycles.